The average Bonchev–Trinajstić information content (AvgIpc) is 3.22. The van der Waals surface area contributed by atoms with Crippen LogP contribution in [-0.2, 0) is 11.4 Å². The van der Waals surface area contributed by atoms with E-state index in [1.165, 1.54) is 0 Å². The van der Waals surface area contributed by atoms with Gasteiger partial charge in [-0.25, -0.2) is 0 Å². The molecule has 1 aromatic carbocycles. The second-order valence-electron chi connectivity index (χ2n) is 4.73. The van der Waals surface area contributed by atoms with E-state index in [4.69, 9.17) is 14.9 Å². The van der Waals surface area contributed by atoms with Gasteiger partial charge in [0, 0.05) is 18.0 Å². The molecule has 0 aromatic heterocycles. The Hall–Kier alpha value is -1.59. The molecule has 104 valence electrons. The molecule has 1 atom stereocenters. The lowest BCUT2D eigenvalue weighted by atomic mass is 10.2. The van der Waals surface area contributed by atoms with Crippen LogP contribution in [0.3, 0.4) is 0 Å². The van der Waals surface area contributed by atoms with Crippen molar-refractivity contribution in [1.29, 1.82) is 0 Å². The van der Waals surface area contributed by atoms with Crippen molar-refractivity contribution in [1.82, 2.24) is 5.32 Å². The van der Waals surface area contributed by atoms with E-state index in [2.05, 4.69) is 5.32 Å². The van der Waals surface area contributed by atoms with Crippen molar-refractivity contribution < 1.29 is 19.7 Å². The van der Waals surface area contributed by atoms with Crippen LogP contribution in [0.2, 0.25) is 0 Å². The molecular formula is C14H19NO4. The number of hydrogen-bond donors (Lipinski definition) is 3. The van der Waals surface area contributed by atoms with E-state index in [0.29, 0.717) is 30.4 Å². The molecule has 0 saturated heterocycles. The molecule has 1 aliphatic rings. The van der Waals surface area contributed by atoms with Gasteiger partial charge in [0.15, 0.2) is 0 Å². The van der Waals surface area contributed by atoms with E-state index in [9.17, 15) is 4.79 Å². The van der Waals surface area contributed by atoms with Gasteiger partial charge in [-0.15, -0.1) is 0 Å². The Morgan fingerprint density at radius 1 is 1.42 bits per heavy atom. The summed E-state index contributed by atoms with van der Waals surface area (Å²) in [6.07, 6.45) is 2.52. The third-order valence-corrected chi connectivity index (χ3v) is 3.12. The van der Waals surface area contributed by atoms with Crippen LogP contribution in [0.15, 0.2) is 24.3 Å². The fraction of sp³-hybridized carbons (Fsp3) is 0.500. The fourth-order valence-corrected chi connectivity index (χ4v) is 1.87. The topological polar surface area (TPSA) is 78.8 Å². The highest BCUT2D eigenvalue weighted by Gasteiger charge is 2.28. The number of carbonyl (C=O) groups is 1. The molecule has 3 N–H and O–H groups in total. The first-order valence-corrected chi connectivity index (χ1v) is 6.51. The molecule has 5 heteroatoms. The van der Waals surface area contributed by atoms with E-state index in [0.717, 1.165) is 12.8 Å². The first-order chi connectivity index (χ1) is 9.20. The fourth-order valence-electron chi connectivity index (χ4n) is 1.87. The van der Waals surface area contributed by atoms with Crippen LogP contribution in [0.25, 0.3) is 0 Å². The number of aliphatic hydroxyl groups is 1. The van der Waals surface area contributed by atoms with Crippen LogP contribution >= 0.6 is 0 Å². The highest BCUT2D eigenvalue weighted by molar-refractivity contribution is 5.73. The van der Waals surface area contributed by atoms with Gasteiger partial charge in [0.1, 0.15) is 11.8 Å². The van der Waals surface area contributed by atoms with E-state index in [1.807, 2.05) is 12.1 Å². The van der Waals surface area contributed by atoms with E-state index in [1.54, 1.807) is 12.1 Å². The molecule has 1 unspecified atom stereocenters. The summed E-state index contributed by atoms with van der Waals surface area (Å²) >= 11 is 0. The molecule has 1 saturated carbocycles. The highest BCUT2D eigenvalue weighted by atomic mass is 16.5. The minimum absolute atomic E-state index is 0.0845. The molecule has 1 aliphatic carbocycles. The smallest absolute Gasteiger partial charge is 0.320 e. The molecule has 0 bridgehead atoms. The molecule has 19 heavy (non-hydrogen) atoms. The lowest BCUT2D eigenvalue weighted by Crippen LogP contribution is -2.39. The Balaban J connectivity index is 1.82. The van der Waals surface area contributed by atoms with Gasteiger partial charge in [-0.2, -0.15) is 0 Å². The second-order valence-corrected chi connectivity index (χ2v) is 4.73. The van der Waals surface area contributed by atoms with Gasteiger partial charge in [-0.1, -0.05) is 18.2 Å². The van der Waals surface area contributed by atoms with Crippen molar-refractivity contribution in [2.24, 2.45) is 0 Å². The number of ether oxygens (including phenoxy) is 1. The summed E-state index contributed by atoms with van der Waals surface area (Å²) in [7, 11) is 0. The number of carboxylic acid groups (broad SMARTS) is 1. The summed E-state index contributed by atoms with van der Waals surface area (Å²) in [5, 5.41) is 21.3. The summed E-state index contributed by atoms with van der Waals surface area (Å²) in [4.78, 5) is 11.1. The van der Waals surface area contributed by atoms with Crippen molar-refractivity contribution >= 4 is 5.97 Å². The number of hydrogen-bond acceptors (Lipinski definition) is 4. The minimum atomic E-state index is -0.842. The SMILES string of the molecule is O=C(O)C(CCOc1ccccc1CO)NC1CC1. The molecule has 2 rings (SSSR count). The van der Waals surface area contributed by atoms with Crippen molar-refractivity contribution in [3.63, 3.8) is 0 Å². The molecular weight excluding hydrogens is 246 g/mol. The molecule has 1 aromatic rings. The number of aliphatic hydroxyl groups excluding tert-OH is 1. The van der Waals surface area contributed by atoms with Crippen LogP contribution in [0.4, 0.5) is 0 Å². The van der Waals surface area contributed by atoms with Gasteiger partial charge in [-0.05, 0) is 18.9 Å². The largest absolute Gasteiger partial charge is 0.493 e. The number of carboxylic acids is 1. The first-order valence-electron chi connectivity index (χ1n) is 6.51. The summed E-state index contributed by atoms with van der Waals surface area (Å²) in [5.41, 5.74) is 0.713. The summed E-state index contributed by atoms with van der Waals surface area (Å²) in [6.45, 7) is 0.229. The van der Waals surface area contributed by atoms with Crippen LogP contribution in [0, 0.1) is 0 Å². The predicted octanol–water partition coefficient (Wildman–Crippen LogP) is 1.15. The van der Waals surface area contributed by atoms with Crippen LogP contribution in [0.1, 0.15) is 24.8 Å². The molecule has 0 heterocycles. The lowest BCUT2D eigenvalue weighted by molar-refractivity contribution is -0.139. The van der Waals surface area contributed by atoms with E-state index < -0.39 is 12.0 Å². The van der Waals surface area contributed by atoms with Crippen molar-refractivity contribution in [3.05, 3.63) is 29.8 Å². The number of nitrogens with one attached hydrogen (secondary N) is 1. The predicted molar refractivity (Wildman–Crippen MR) is 70.1 cm³/mol. The van der Waals surface area contributed by atoms with Crippen molar-refractivity contribution in [3.8, 4) is 5.75 Å². The number of para-hydroxylation sites is 1. The monoisotopic (exact) mass is 265 g/mol. The zero-order chi connectivity index (χ0) is 13.7. The van der Waals surface area contributed by atoms with Crippen LogP contribution in [0.5, 0.6) is 5.75 Å². The van der Waals surface area contributed by atoms with Crippen LogP contribution < -0.4 is 10.1 Å². The molecule has 0 spiro atoms. The average molecular weight is 265 g/mol. The standard InChI is InChI=1S/C14H19NO4/c16-9-10-3-1-2-4-13(10)19-8-7-12(14(17)18)15-11-5-6-11/h1-4,11-12,15-16H,5-9H2,(H,17,18). The normalized spacial score (nSPS) is 16.1. The maximum Gasteiger partial charge on any atom is 0.320 e. The molecule has 0 radical (unpaired) electrons. The van der Waals surface area contributed by atoms with E-state index >= 15 is 0 Å². The Bertz CT molecular complexity index is 431. The Labute approximate surface area is 112 Å². The van der Waals surface area contributed by atoms with Gasteiger partial charge in [0.05, 0.1) is 13.2 Å². The van der Waals surface area contributed by atoms with Gasteiger partial charge < -0.3 is 20.3 Å². The summed E-state index contributed by atoms with van der Waals surface area (Å²) < 4.78 is 5.55. The third-order valence-electron chi connectivity index (χ3n) is 3.12. The number of benzene rings is 1. The Kier molecular flexibility index (Phi) is 4.76. The number of aliphatic carboxylic acids is 1. The molecule has 0 aliphatic heterocycles. The maximum absolute atomic E-state index is 11.1. The summed E-state index contributed by atoms with van der Waals surface area (Å²) in [6, 6.07) is 7.00. The Morgan fingerprint density at radius 3 is 2.79 bits per heavy atom. The lowest BCUT2D eigenvalue weighted by Gasteiger charge is -2.15. The third kappa shape index (κ3) is 4.22. The zero-order valence-corrected chi connectivity index (χ0v) is 10.7. The van der Waals surface area contributed by atoms with Crippen molar-refractivity contribution in [2.45, 2.75) is 38.0 Å². The van der Waals surface area contributed by atoms with Gasteiger partial charge in [0.2, 0.25) is 0 Å². The summed E-state index contributed by atoms with van der Waals surface area (Å²) in [5.74, 6) is -0.230. The molecule has 0 amide bonds. The van der Waals surface area contributed by atoms with Crippen LogP contribution in [-0.4, -0.2) is 34.9 Å². The highest BCUT2D eigenvalue weighted by Crippen LogP contribution is 2.21. The van der Waals surface area contributed by atoms with Gasteiger partial charge in [-0.3, -0.25) is 4.79 Å². The maximum atomic E-state index is 11.1. The second kappa shape index (κ2) is 6.54. The van der Waals surface area contributed by atoms with Crippen molar-refractivity contribution in [2.75, 3.05) is 6.61 Å². The number of rotatable bonds is 8. The minimum Gasteiger partial charge on any atom is -0.493 e. The van der Waals surface area contributed by atoms with Gasteiger partial charge >= 0.3 is 5.97 Å². The quantitative estimate of drug-likeness (QED) is 0.657. The Morgan fingerprint density at radius 2 is 2.16 bits per heavy atom. The van der Waals surface area contributed by atoms with E-state index in [-0.39, 0.29) is 6.61 Å². The molecule has 1 fully saturated rings. The zero-order valence-electron chi connectivity index (χ0n) is 10.7. The van der Waals surface area contributed by atoms with Gasteiger partial charge in [0.25, 0.3) is 0 Å². The first kappa shape index (κ1) is 13.8. The molecule has 5 nitrogen and oxygen atoms in total.